The van der Waals surface area contributed by atoms with E-state index in [1.807, 2.05) is 32.9 Å². The molecule has 1 rings (SSSR count). The van der Waals surface area contributed by atoms with E-state index >= 15 is 0 Å². The van der Waals surface area contributed by atoms with Crippen molar-refractivity contribution in [2.75, 3.05) is 0 Å². The summed E-state index contributed by atoms with van der Waals surface area (Å²) in [6, 6.07) is 3.94. The van der Waals surface area contributed by atoms with E-state index < -0.39 is 12.1 Å². The Balaban J connectivity index is 3.03. The van der Waals surface area contributed by atoms with Crippen LogP contribution in [-0.2, 0) is 4.79 Å². The highest BCUT2D eigenvalue weighted by Crippen LogP contribution is 2.26. The zero-order valence-corrected chi connectivity index (χ0v) is 9.50. The van der Waals surface area contributed by atoms with Gasteiger partial charge < -0.3 is 9.84 Å². The van der Waals surface area contributed by atoms with Gasteiger partial charge in [0.2, 0.25) is 0 Å². The Bertz CT molecular complexity index is 383. The summed E-state index contributed by atoms with van der Waals surface area (Å²) >= 11 is 0. The largest absolute Gasteiger partial charge is 0.479 e. The Morgan fingerprint density at radius 2 is 1.80 bits per heavy atom. The van der Waals surface area contributed by atoms with Crippen molar-refractivity contribution in [3.8, 4) is 5.75 Å². The lowest BCUT2D eigenvalue weighted by Gasteiger charge is -2.16. The first-order valence-corrected chi connectivity index (χ1v) is 4.89. The number of rotatable bonds is 3. The van der Waals surface area contributed by atoms with Crippen LogP contribution in [0, 0.1) is 20.8 Å². The minimum atomic E-state index is -0.949. The van der Waals surface area contributed by atoms with Gasteiger partial charge in [0.05, 0.1) is 0 Å². The third kappa shape index (κ3) is 2.49. The Kier molecular flexibility index (Phi) is 3.35. The van der Waals surface area contributed by atoms with Crippen molar-refractivity contribution < 1.29 is 14.6 Å². The Morgan fingerprint density at radius 1 is 1.27 bits per heavy atom. The molecule has 0 amide bonds. The minimum Gasteiger partial charge on any atom is -0.479 e. The van der Waals surface area contributed by atoms with Crippen molar-refractivity contribution >= 4 is 5.97 Å². The molecule has 1 unspecified atom stereocenters. The maximum atomic E-state index is 10.7. The number of hydrogen-bond acceptors (Lipinski definition) is 2. The van der Waals surface area contributed by atoms with Gasteiger partial charge in [-0.15, -0.1) is 0 Å². The van der Waals surface area contributed by atoms with Crippen molar-refractivity contribution in [3.05, 3.63) is 28.8 Å². The number of benzene rings is 1. The molecule has 0 fully saturated rings. The second-order valence-electron chi connectivity index (χ2n) is 3.75. The number of ether oxygens (including phenoxy) is 1. The topological polar surface area (TPSA) is 46.5 Å². The summed E-state index contributed by atoms with van der Waals surface area (Å²) in [6.07, 6.45) is -0.816. The van der Waals surface area contributed by atoms with E-state index in [0.29, 0.717) is 5.75 Å². The average molecular weight is 208 g/mol. The molecule has 0 heterocycles. The molecule has 0 spiro atoms. The van der Waals surface area contributed by atoms with Crippen LogP contribution >= 0.6 is 0 Å². The van der Waals surface area contributed by atoms with Crippen LogP contribution < -0.4 is 4.74 Å². The first-order valence-electron chi connectivity index (χ1n) is 4.89. The van der Waals surface area contributed by atoms with E-state index in [4.69, 9.17) is 9.84 Å². The van der Waals surface area contributed by atoms with E-state index in [0.717, 1.165) is 16.7 Å². The molecule has 1 N–H and O–H groups in total. The summed E-state index contributed by atoms with van der Waals surface area (Å²) in [7, 11) is 0. The number of carboxylic acids is 1. The fourth-order valence-corrected chi connectivity index (χ4v) is 1.33. The molecule has 82 valence electrons. The van der Waals surface area contributed by atoms with Gasteiger partial charge in [-0.3, -0.25) is 0 Å². The van der Waals surface area contributed by atoms with Gasteiger partial charge in [-0.05, 0) is 44.4 Å². The second-order valence-corrected chi connectivity index (χ2v) is 3.75. The molecule has 0 aliphatic carbocycles. The predicted octanol–water partition coefficient (Wildman–Crippen LogP) is 2.46. The molecule has 15 heavy (non-hydrogen) atoms. The summed E-state index contributed by atoms with van der Waals surface area (Å²) in [5.41, 5.74) is 3.07. The lowest BCUT2D eigenvalue weighted by molar-refractivity contribution is -0.144. The van der Waals surface area contributed by atoms with E-state index in [9.17, 15) is 4.79 Å². The number of aliphatic carboxylic acids is 1. The van der Waals surface area contributed by atoms with Crippen LogP contribution in [0.3, 0.4) is 0 Å². The highest BCUT2D eigenvalue weighted by molar-refractivity contribution is 5.72. The van der Waals surface area contributed by atoms with Gasteiger partial charge in [0.25, 0.3) is 0 Å². The highest BCUT2D eigenvalue weighted by atomic mass is 16.5. The van der Waals surface area contributed by atoms with Crippen LogP contribution in [-0.4, -0.2) is 17.2 Å². The number of hydrogen-bond donors (Lipinski definition) is 1. The maximum Gasteiger partial charge on any atom is 0.344 e. The van der Waals surface area contributed by atoms with Crippen molar-refractivity contribution in [2.24, 2.45) is 0 Å². The van der Waals surface area contributed by atoms with Crippen LogP contribution in [0.5, 0.6) is 5.75 Å². The summed E-state index contributed by atoms with van der Waals surface area (Å²) in [5.74, 6) is -0.264. The molecule has 0 bridgehead atoms. The van der Waals surface area contributed by atoms with Crippen molar-refractivity contribution in [1.29, 1.82) is 0 Å². The Hall–Kier alpha value is -1.51. The molecule has 0 saturated carbocycles. The van der Waals surface area contributed by atoms with Gasteiger partial charge >= 0.3 is 5.97 Å². The van der Waals surface area contributed by atoms with Gasteiger partial charge in [-0.1, -0.05) is 12.1 Å². The summed E-state index contributed by atoms with van der Waals surface area (Å²) in [6.45, 7) is 7.36. The fourth-order valence-electron chi connectivity index (χ4n) is 1.33. The van der Waals surface area contributed by atoms with Crippen LogP contribution in [0.4, 0.5) is 0 Å². The molecular weight excluding hydrogens is 192 g/mol. The van der Waals surface area contributed by atoms with E-state index in [2.05, 4.69) is 0 Å². The summed E-state index contributed by atoms with van der Waals surface area (Å²) in [4.78, 5) is 10.7. The highest BCUT2D eigenvalue weighted by Gasteiger charge is 2.15. The molecule has 3 heteroatoms. The third-order valence-corrected chi connectivity index (χ3v) is 2.52. The van der Waals surface area contributed by atoms with Crippen LogP contribution in [0.15, 0.2) is 12.1 Å². The molecule has 0 aliphatic rings. The lowest BCUT2D eigenvalue weighted by Crippen LogP contribution is -2.23. The predicted molar refractivity (Wildman–Crippen MR) is 58.4 cm³/mol. The summed E-state index contributed by atoms with van der Waals surface area (Å²) in [5, 5.41) is 8.77. The first-order chi connectivity index (χ1) is 6.93. The van der Waals surface area contributed by atoms with Crippen LogP contribution in [0.1, 0.15) is 23.6 Å². The SMILES string of the molecule is Cc1ccc(C)c(OC(C)C(=O)O)c1C. The Labute approximate surface area is 89.7 Å². The zero-order chi connectivity index (χ0) is 11.6. The van der Waals surface area contributed by atoms with Crippen molar-refractivity contribution in [2.45, 2.75) is 33.8 Å². The number of aryl methyl sites for hydroxylation is 2. The number of carboxylic acid groups (broad SMARTS) is 1. The van der Waals surface area contributed by atoms with E-state index in [1.54, 1.807) is 0 Å². The molecule has 0 aromatic heterocycles. The monoisotopic (exact) mass is 208 g/mol. The second kappa shape index (κ2) is 4.34. The smallest absolute Gasteiger partial charge is 0.344 e. The average Bonchev–Trinajstić information content (AvgIpc) is 2.18. The summed E-state index contributed by atoms with van der Waals surface area (Å²) < 4.78 is 5.42. The zero-order valence-electron chi connectivity index (χ0n) is 9.50. The van der Waals surface area contributed by atoms with E-state index in [-0.39, 0.29) is 0 Å². The quantitative estimate of drug-likeness (QED) is 0.830. The molecule has 1 atom stereocenters. The third-order valence-electron chi connectivity index (χ3n) is 2.52. The number of carbonyl (C=O) groups is 1. The molecule has 3 nitrogen and oxygen atoms in total. The van der Waals surface area contributed by atoms with Crippen LogP contribution in [0.2, 0.25) is 0 Å². The Morgan fingerprint density at radius 3 is 2.33 bits per heavy atom. The first kappa shape index (κ1) is 11.6. The molecule has 1 aromatic rings. The lowest BCUT2D eigenvalue weighted by atomic mass is 10.1. The molecular formula is C12H16O3. The standard InChI is InChI=1S/C12H16O3/c1-7-5-6-8(2)11(9(7)3)15-10(4)12(13)14/h5-6,10H,1-4H3,(H,13,14). The van der Waals surface area contributed by atoms with Crippen molar-refractivity contribution in [3.63, 3.8) is 0 Å². The van der Waals surface area contributed by atoms with Gasteiger partial charge in [-0.25, -0.2) is 4.79 Å². The van der Waals surface area contributed by atoms with E-state index in [1.165, 1.54) is 6.92 Å². The molecule has 0 aliphatic heterocycles. The fraction of sp³-hybridized carbons (Fsp3) is 0.417. The van der Waals surface area contributed by atoms with Gasteiger partial charge in [-0.2, -0.15) is 0 Å². The van der Waals surface area contributed by atoms with Crippen molar-refractivity contribution in [1.82, 2.24) is 0 Å². The van der Waals surface area contributed by atoms with Gasteiger partial charge in [0.1, 0.15) is 5.75 Å². The molecule has 0 radical (unpaired) electrons. The maximum absolute atomic E-state index is 10.7. The normalized spacial score (nSPS) is 12.3. The van der Waals surface area contributed by atoms with Gasteiger partial charge in [0.15, 0.2) is 6.10 Å². The molecule has 1 aromatic carbocycles. The molecule has 0 saturated heterocycles. The minimum absolute atomic E-state index is 0.685. The van der Waals surface area contributed by atoms with Crippen LogP contribution in [0.25, 0.3) is 0 Å². The van der Waals surface area contributed by atoms with Gasteiger partial charge in [0, 0.05) is 0 Å².